The number of amidine groups is 1. The van der Waals surface area contributed by atoms with Crippen LogP contribution in [0.4, 0.5) is 5.69 Å². The Bertz CT molecular complexity index is 453. The first kappa shape index (κ1) is 14.8. The van der Waals surface area contributed by atoms with Crippen molar-refractivity contribution in [3.8, 4) is 0 Å². The van der Waals surface area contributed by atoms with Crippen molar-refractivity contribution < 1.29 is 0 Å². The maximum Gasteiger partial charge on any atom is 0.161 e. The first-order valence-electron chi connectivity index (χ1n) is 6.80. The normalized spacial score (nSPS) is 17.9. The van der Waals surface area contributed by atoms with Crippen molar-refractivity contribution in [2.24, 2.45) is 10.4 Å². The van der Waals surface area contributed by atoms with Gasteiger partial charge in [-0.3, -0.25) is 4.99 Å². The van der Waals surface area contributed by atoms with Crippen LogP contribution in [0.15, 0.2) is 34.2 Å². The number of rotatable bonds is 4. The molecule has 4 heteroatoms. The molecule has 1 aromatic carbocycles. The minimum atomic E-state index is 0.412. The number of anilines is 1. The molecular formula is C15H22N2S2. The van der Waals surface area contributed by atoms with Crippen molar-refractivity contribution in [2.75, 3.05) is 23.9 Å². The SMILES string of the molecule is CCC1(CC)CN=C(Nc2ccccc2SC)SC1. The molecule has 0 amide bonds. The summed E-state index contributed by atoms with van der Waals surface area (Å²) >= 11 is 3.63. The number of thioether (sulfide) groups is 2. The van der Waals surface area contributed by atoms with E-state index in [0.717, 1.165) is 11.7 Å². The highest BCUT2D eigenvalue weighted by atomic mass is 32.2. The van der Waals surface area contributed by atoms with Crippen LogP contribution in [0.3, 0.4) is 0 Å². The molecule has 0 bridgehead atoms. The van der Waals surface area contributed by atoms with Gasteiger partial charge in [-0.2, -0.15) is 0 Å². The fourth-order valence-corrected chi connectivity index (χ4v) is 4.00. The van der Waals surface area contributed by atoms with Crippen molar-refractivity contribution in [3.63, 3.8) is 0 Å². The number of nitrogens with zero attached hydrogens (tertiary/aromatic N) is 1. The van der Waals surface area contributed by atoms with Gasteiger partial charge < -0.3 is 5.32 Å². The van der Waals surface area contributed by atoms with Crippen LogP contribution in [0.2, 0.25) is 0 Å². The summed E-state index contributed by atoms with van der Waals surface area (Å²) in [7, 11) is 0. The lowest BCUT2D eigenvalue weighted by Gasteiger charge is -2.33. The van der Waals surface area contributed by atoms with E-state index in [0.29, 0.717) is 5.41 Å². The van der Waals surface area contributed by atoms with E-state index in [1.165, 1.54) is 29.2 Å². The molecule has 0 atom stereocenters. The third kappa shape index (κ3) is 3.48. The summed E-state index contributed by atoms with van der Waals surface area (Å²) in [6.45, 7) is 5.51. The first-order chi connectivity index (χ1) is 9.23. The van der Waals surface area contributed by atoms with Crippen LogP contribution in [-0.4, -0.2) is 23.7 Å². The summed E-state index contributed by atoms with van der Waals surface area (Å²) < 4.78 is 0. The van der Waals surface area contributed by atoms with Gasteiger partial charge in [-0.15, -0.1) is 11.8 Å². The zero-order chi connectivity index (χ0) is 13.7. The molecule has 0 saturated carbocycles. The Morgan fingerprint density at radius 1 is 1.32 bits per heavy atom. The lowest BCUT2D eigenvalue weighted by atomic mass is 9.84. The number of aliphatic imine (C=N–C) groups is 1. The van der Waals surface area contributed by atoms with Crippen molar-refractivity contribution in [2.45, 2.75) is 31.6 Å². The molecule has 19 heavy (non-hydrogen) atoms. The highest BCUT2D eigenvalue weighted by molar-refractivity contribution is 8.14. The maximum atomic E-state index is 4.75. The summed E-state index contributed by atoms with van der Waals surface area (Å²) in [5.74, 6) is 1.17. The van der Waals surface area contributed by atoms with Crippen LogP contribution < -0.4 is 5.32 Å². The van der Waals surface area contributed by atoms with Crippen molar-refractivity contribution in [3.05, 3.63) is 24.3 Å². The monoisotopic (exact) mass is 294 g/mol. The molecule has 0 saturated heterocycles. The van der Waals surface area contributed by atoms with E-state index in [1.54, 1.807) is 11.8 Å². The Labute approximate surface area is 124 Å². The highest BCUT2D eigenvalue weighted by Gasteiger charge is 2.30. The topological polar surface area (TPSA) is 24.4 Å². The van der Waals surface area contributed by atoms with Crippen LogP contribution in [-0.2, 0) is 0 Å². The van der Waals surface area contributed by atoms with E-state index in [4.69, 9.17) is 4.99 Å². The number of nitrogens with one attached hydrogen (secondary N) is 1. The lowest BCUT2D eigenvalue weighted by Crippen LogP contribution is -2.32. The number of hydrogen-bond acceptors (Lipinski definition) is 4. The maximum absolute atomic E-state index is 4.75. The van der Waals surface area contributed by atoms with E-state index in [-0.39, 0.29) is 0 Å². The fourth-order valence-electron chi connectivity index (χ4n) is 2.17. The van der Waals surface area contributed by atoms with Gasteiger partial charge in [0.25, 0.3) is 0 Å². The number of benzene rings is 1. The van der Waals surface area contributed by atoms with Gasteiger partial charge in [-0.05, 0) is 36.6 Å². The molecule has 2 rings (SSSR count). The smallest absolute Gasteiger partial charge is 0.161 e. The predicted octanol–water partition coefficient (Wildman–Crippen LogP) is 4.73. The van der Waals surface area contributed by atoms with E-state index >= 15 is 0 Å². The summed E-state index contributed by atoms with van der Waals surface area (Å²) in [5, 5.41) is 4.55. The second kappa shape index (κ2) is 6.71. The Hall–Kier alpha value is -0.610. The molecule has 0 unspecified atom stereocenters. The molecule has 0 radical (unpaired) electrons. The molecule has 1 aliphatic rings. The van der Waals surface area contributed by atoms with Gasteiger partial charge in [-0.25, -0.2) is 0 Å². The molecular weight excluding hydrogens is 272 g/mol. The van der Waals surface area contributed by atoms with Crippen LogP contribution in [0.5, 0.6) is 0 Å². The summed E-state index contributed by atoms with van der Waals surface area (Å²) in [6.07, 6.45) is 4.54. The lowest BCUT2D eigenvalue weighted by molar-refractivity contribution is 0.318. The standard InChI is InChI=1S/C15H22N2S2/c1-4-15(5-2)10-16-14(19-11-15)17-12-8-6-7-9-13(12)18-3/h6-9H,4-5,10-11H2,1-3H3,(H,16,17). The van der Waals surface area contributed by atoms with E-state index in [9.17, 15) is 0 Å². The van der Waals surface area contributed by atoms with Crippen LogP contribution in [0, 0.1) is 5.41 Å². The van der Waals surface area contributed by atoms with Crippen LogP contribution in [0.25, 0.3) is 0 Å². The molecule has 0 aliphatic carbocycles. The van der Waals surface area contributed by atoms with E-state index in [2.05, 4.69) is 49.7 Å². The third-order valence-corrected chi connectivity index (χ3v) is 5.98. The van der Waals surface area contributed by atoms with E-state index in [1.807, 2.05) is 11.8 Å². The quantitative estimate of drug-likeness (QED) is 0.812. The second-order valence-corrected chi connectivity index (χ2v) is 6.75. The number of para-hydroxylation sites is 1. The molecule has 1 N–H and O–H groups in total. The second-order valence-electron chi connectivity index (χ2n) is 4.94. The van der Waals surface area contributed by atoms with Gasteiger partial charge in [0.1, 0.15) is 0 Å². The van der Waals surface area contributed by atoms with Crippen LogP contribution >= 0.6 is 23.5 Å². The zero-order valence-electron chi connectivity index (χ0n) is 11.9. The summed E-state index contributed by atoms with van der Waals surface area (Å²) in [6, 6.07) is 8.41. The molecule has 1 heterocycles. The van der Waals surface area contributed by atoms with Gasteiger partial charge >= 0.3 is 0 Å². The average molecular weight is 294 g/mol. The van der Waals surface area contributed by atoms with Gasteiger partial charge in [0.2, 0.25) is 0 Å². The molecule has 0 spiro atoms. The van der Waals surface area contributed by atoms with E-state index < -0.39 is 0 Å². The molecule has 0 aromatic heterocycles. The van der Waals surface area contributed by atoms with Crippen molar-refractivity contribution >= 4 is 34.4 Å². The molecule has 1 aromatic rings. The third-order valence-electron chi connectivity index (χ3n) is 3.92. The Balaban J connectivity index is 2.07. The largest absolute Gasteiger partial charge is 0.334 e. The predicted molar refractivity (Wildman–Crippen MR) is 89.6 cm³/mol. The first-order valence-corrected chi connectivity index (χ1v) is 9.01. The zero-order valence-corrected chi connectivity index (χ0v) is 13.5. The minimum absolute atomic E-state index is 0.412. The summed E-state index contributed by atoms with van der Waals surface area (Å²) in [5.41, 5.74) is 1.58. The molecule has 2 nitrogen and oxygen atoms in total. The van der Waals surface area contributed by atoms with Gasteiger partial charge in [0.15, 0.2) is 5.17 Å². The van der Waals surface area contributed by atoms with Crippen LogP contribution in [0.1, 0.15) is 26.7 Å². The fraction of sp³-hybridized carbons (Fsp3) is 0.533. The van der Waals surface area contributed by atoms with Crippen molar-refractivity contribution in [1.29, 1.82) is 0 Å². The molecule has 0 fully saturated rings. The van der Waals surface area contributed by atoms with Gasteiger partial charge in [0.05, 0.1) is 5.69 Å². The Kier molecular flexibility index (Phi) is 5.22. The number of hydrogen-bond donors (Lipinski definition) is 1. The highest BCUT2D eigenvalue weighted by Crippen LogP contribution is 2.36. The summed E-state index contributed by atoms with van der Waals surface area (Å²) in [4.78, 5) is 6.03. The Morgan fingerprint density at radius 3 is 2.63 bits per heavy atom. The Morgan fingerprint density at radius 2 is 2.05 bits per heavy atom. The minimum Gasteiger partial charge on any atom is -0.334 e. The average Bonchev–Trinajstić information content (AvgIpc) is 2.49. The van der Waals surface area contributed by atoms with Gasteiger partial charge in [0, 0.05) is 17.2 Å². The van der Waals surface area contributed by atoms with Crippen molar-refractivity contribution in [1.82, 2.24) is 0 Å². The molecule has 104 valence electrons. The van der Waals surface area contributed by atoms with Gasteiger partial charge in [-0.1, -0.05) is 37.7 Å². The molecule has 1 aliphatic heterocycles.